The van der Waals surface area contributed by atoms with Gasteiger partial charge in [-0.05, 0) is 47.5 Å². The van der Waals surface area contributed by atoms with E-state index in [0.717, 1.165) is 4.90 Å². The summed E-state index contributed by atoms with van der Waals surface area (Å²) in [6.45, 7) is 0.209. The van der Waals surface area contributed by atoms with Crippen molar-refractivity contribution in [2.45, 2.75) is 13.1 Å². The van der Waals surface area contributed by atoms with E-state index in [-0.39, 0.29) is 48.7 Å². The first kappa shape index (κ1) is 22.7. The van der Waals surface area contributed by atoms with E-state index >= 15 is 0 Å². The molecule has 0 bridgehead atoms. The Labute approximate surface area is 196 Å². The minimum Gasteiger partial charge on any atom is -0.496 e. The van der Waals surface area contributed by atoms with Crippen LogP contribution in [0.1, 0.15) is 42.2 Å². The highest BCUT2D eigenvalue weighted by Crippen LogP contribution is 2.27. The quantitative estimate of drug-likeness (QED) is 0.400. The molecule has 0 fully saturated rings. The van der Waals surface area contributed by atoms with Crippen LogP contribution in [0.2, 0.25) is 0 Å². The fourth-order valence-corrected chi connectivity index (χ4v) is 3.88. The fourth-order valence-electron chi connectivity index (χ4n) is 3.88. The maximum Gasteiger partial charge on any atom is 0.261 e. The molecule has 0 saturated heterocycles. The van der Waals surface area contributed by atoms with Gasteiger partial charge in [0.2, 0.25) is 0 Å². The SMILES string of the molecule is C#CCN(Cc1ccc(F)cc1)C(=O)c1cc(CN2C(=O)c3ccccc3C2=O)ccc1OC. The number of hydrogen-bond acceptors (Lipinski definition) is 4. The van der Waals surface area contributed by atoms with E-state index in [1.165, 1.54) is 24.1 Å². The van der Waals surface area contributed by atoms with Crippen LogP contribution in [0.5, 0.6) is 5.75 Å². The van der Waals surface area contributed by atoms with Gasteiger partial charge in [0.15, 0.2) is 0 Å². The molecule has 1 aliphatic rings. The molecule has 3 aromatic carbocycles. The van der Waals surface area contributed by atoms with Crippen molar-refractivity contribution in [3.63, 3.8) is 0 Å². The van der Waals surface area contributed by atoms with Crippen molar-refractivity contribution in [3.8, 4) is 18.1 Å². The van der Waals surface area contributed by atoms with Crippen molar-refractivity contribution in [1.29, 1.82) is 0 Å². The van der Waals surface area contributed by atoms with E-state index in [9.17, 15) is 18.8 Å². The molecule has 0 aliphatic carbocycles. The molecule has 34 heavy (non-hydrogen) atoms. The number of rotatable bonds is 7. The molecule has 7 heteroatoms. The number of nitrogens with zero attached hydrogens (tertiary/aromatic N) is 2. The topological polar surface area (TPSA) is 66.9 Å². The number of hydrogen-bond donors (Lipinski definition) is 0. The van der Waals surface area contributed by atoms with E-state index < -0.39 is 0 Å². The number of benzene rings is 3. The lowest BCUT2D eigenvalue weighted by atomic mass is 10.1. The first-order chi connectivity index (χ1) is 16.4. The number of ether oxygens (including phenoxy) is 1. The third kappa shape index (κ3) is 4.39. The molecule has 3 amide bonds. The number of imide groups is 1. The normalized spacial score (nSPS) is 12.3. The van der Waals surface area contributed by atoms with Gasteiger partial charge in [-0.3, -0.25) is 19.3 Å². The van der Waals surface area contributed by atoms with Crippen LogP contribution in [-0.4, -0.2) is 41.2 Å². The predicted octanol–water partition coefficient (Wildman–Crippen LogP) is 3.91. The number of terminal acetylenes is 1. The van der Waals surface area contributed by atoms with Crippen molar-refractivity contribution in [2.75, 3.05) is 13.7 Å². The van der Waals surface area contributed by atoms with E-state index in [1.54, 1.807) is 54.6 Å². The Balaban J connectivity index is 1.61. The van der Waals surface area contributed by atoms with Crippen LogP contribution < -0.4 is 4.74 Å². The van der Waals surface area contributed by atoms with E-state index in [2.05, 4.69) is 5.92 Å². The maximum absolute atomic E-state index is 13.4. The summed E-state index contributed by atoms with van der Waals surface area (Å²) in [4.78, 5) is 41.5. The van der Waals surface area contributed by atoms with Crippen molar-refractivity contribution in [3.05, 3.63) is 100 Å². The number of amides is 3. The predicted molar refractivity (Wildman–Crippen MR) is 124 cm³/mol. The molecule has 0 N–H and O–H groups in total. The number of carbonyl (C=O) groups excluding carboxylic acids is 3. The summed E-state index contributed by atoms with van der Waals surface area (Å²) in [5.41, 5.74) is 2.26. The monoisotopic (exact) mass is 456 g/mol. The van der Waals surface area contributed by atoms with Gasteiger partial charge in [0, 0.05) is 6.54 Å². The summed E-state index contributed by atoms with van der Waals surface area (Å²) >= 11 is 0. The second-order valence-corrected chi connectivity index (χ2v) is 7.77. The lowest BCUT2D eigenvalue weighted by molar-refractivity contribution is 0.0642. The molecule has 6 nitrogen and oxygen atoms in total. The average molecular weight is 456 g/mol. The molecule has 0 atom stereocenters. The molecule has 1 aliphatic heterocycles. The fraction of sp³-hybridized carbons (Fsp3) is 0.148. The van der Waals surface area contributed by atoms with Crippen molar-refractivity contribution >= 4 is 17.7 Å². The van der Waals surface area contributed by atoms with Gasteiger partial charge in [0.1, 0.15) is 11.6 Å². The zero-order valence-electron chi connectivity index (χ0n) is 18.5. The highest BCUT2D eigenvalue weighted by atomic mass is 19.1. The molecule has 4 rings (SSSR count). The Morgan fingerprint density at radius 2 is 1.62 bits per heavy atom. The zero-order chi connectivity index (χ0) is 24.2. The smallest absolute Gasteiger partial charge is 0.261 e. The van der Waals surface area contributed by atoms with Crippen LogP contribution >= 0.6 is 0 Å². The van der Waals surface area contributed by atoms with Crippen LogP contribution in [0.3, 0.4) is 0 Å². The van der Waals surface area contributed by atoms with Crippen LogP contribution in [0, 0.1) is 18.2 Å². The number of fused-ring (bicyclic) bond motifs is 1. The maximum atomic E-state index is 13.4. The second kappa shape index (κ2) is 9.59. The lowest BCUT2D eigenvalue weighted by Crippen LogP contribution is -2.32. The van der Waals surface area contributed by atoms with Gasteiger partial charge in [-0.15, -0.1) is 6.42 Å². The summed E-state index contributed by atoms with van der Waals surface area (Å²) in [5, 5.41) is 0. The first-order valence-corrected chi connectivity index (χ1v) is 10.5. The summed E-state index contributed by atoms with van der Waals surface area (Å²) in [6.07, 6.45) is 5.49. The largest absolute Gasteiger partial charge is 0.496 e. The molecule has 0 radical (unpaired) electrons. The third-order valence-electron chi connectivity index (χ3n) is 5.57. The first-order valence-electron chi connectivity index (χ1n) is 10.5. The molecule has 1 heterocycles. The van der Waals surface area contributed by atoms with E-state index in [1.807, 2.05) is 0 Å². The van der Waals surface area contributed by atoms with Crippen molar-refractivity contribution in [1.82, 2.24) is 9.80 Å². The number of methoxy groups -OCH3 is 1. The summed E-state index contributed by atoms with van der Waals surface area (Å²) in [5.74, 6) is 1.29. The number of halogens is 1. The van der Waals surface area contributed by atoms with Gasteiger partial charge < -0.3 is 9.64 Å². The van der Waals surface area contributed by atoms with Gasteiger partial charge >= 0.3 is 0 Å². The van der Waals surface area contributed by atoms with Gasteiger partial charge in [-0.1, -0.05) is 36.3 Å². The van der Waals surface area contributed by atoms with Gasteiger partial charge in [0.25, 0.3) is 17.7 Å². The summed E-state index contributed by atoms with van der Waals surface area (Å²) in [7, 11) is 1.45. The Kier molecular flexibility index (Phi) is 6.42. The van der Waals surface area contributed by atoms with Crippen LogP contribution in [0.15, 0.2) is 66.7 Å². The standard InChI is InChI=1S/C27H21FN2O4/c1-3-14-29(16-18-8-11-20(28)12-9-18)25(31)23-15-19(10-13-24(23)34-2)17-30-26(32)21-6-4-5-7-22(21)27(30)33/h1,4-13,15H,14,16-17H2,2H3. The van der Waals surface area contributed by atoms with Crippen LogP contribution in [0.25, 0.3) is 0 Å². The molecular formula is C27H21FN2O4. The lowest BCUT2D eigenvalue weighted by Gasteiger charge is -2.22. The molecule has 3 aromatic rings. The Hall–Kier alpha value is -4.44. The number of carbonyl (C=O) groups is 3. The molecule has 0 spiro atoms. The summed E-state index contributed by atoms with van der Waals surface area (Å²) < 4.78 is 18.6. The van der Waals surface area contributed by atoms with Crippen LogP contribution in [-0.2, 0) is 13.1 Å². The van der Waals surface area contributed by atoms with E-state index in [0.29, 0.717) is 28.0 Å². The molecular weight excluding hydrogens is 435 g/mol. The van der Waals surface area contributed by atoms with Crippen LogP contribution in [0.4, 0.5) is 4.39 Å². The van der Waals surface area contributed by atoms with Crippen molar-refractivity contribution in [2.24, 2.45) is 0 Å². The van der Waals surface area contributed by atoms with Gasteiger partial charge in [-0.2, -0.15) is 0 Å². The van der Waals surface area contributed by atoms with E-state index in [4.69, 9.17) is 11.2 Å². The second-order valence-electron chi connectivity index (χ2n) is 7.77. The highest BCUT2D eigenvalue weighted by molar-refractivity contribution is 6.21. The average Bonchev–Trinajstić information content (AvgIpc) is 3.09. The zero-order valence-corrected chi connectivity index (χ0v) is 18.5. The Morgan fingerprint density at radius 3 is 2.21 bits per heavy atom. The van der Waals surface area contributed by atoms with Gasteiger partial charge in [-0.25, -0.2) is 4.39 Å². The molecule has 170 valence electrons. The minimum absolute atomic E-state index is 0.00369. The third-order valence-corrected chi connectivity index (χ3v) is 5.57. The van der Waals surface area contributed by atoms with Gasteiger partial charge in [0.05, 0.1) is 36.9 Å². The Bertz CT molecular complexity index is 1280. The molecule has 0 aromatic heterocycles. The Morgan fingerprint density at radius 1 is 1.00 bits per heavy atom. The minimum atomic E-state index is -0.386. The highest BCUT2D eigenvalue weighted by Gasteiger charge is 2.35. The summed E-state index contributed by atoms with van der Waals surface area (Å²) in [6, 6.07) is 17.4. The van der Waals surface area contributed by atoms with Crippen molar-refractivity contribution < 1.29 is 23.5 Å². The molecule has 0 saturated carbocycles. The molecule has 0 unspecified atom stereocenters.